The molecule has 0 bridgehead atoms. The van der Waals surface area contributed by atoms with Gasteiger partial charge in [-0.15, -0.1) is 11.3 Å². The van der Waals surface area contributed by atoms with E-state index in [1.54, 1.807) is 12.3 Å². The maximum atomic E-state index is 10.1. The van der Waals surface area contributed by atoms with E-state index in [1.807, 2.05) is 49.6 Å². The number of phenols is 1. The first-order valence-electron chi connectivity index (χ1n) is 7.35. The van der Waals surface area contributed by atoms with Crippen molar-refractivity contribution in [2.45, 2.75) is 13.8 Å². The van der Waals surface area contributed by atoms with Crippen molar-refractivity contribution in [3.05, 3.63) is 63.5 Å². The summed E-state index contributed by atoms with van der Waals surface area (Å²) < 4.78 is 0. The molecule has 0 amide bonds. The van der Waals surface area contributed by atoms with Gasteiger partial charge in [0.25, 0.3) is 0 Å². The Morgan fingerprint density at radius 2 is 2.00 bits per heavy atom. The average Bonchev–Trinajstić information content (AvgIpc) is 3.06. The van der Waals surface area contributed by atoms with Gasteiger partial charge in [0.2, 0.25) is 5.13 Å². The van der Waals surface area contributed by atoms with Gasteiger partial charge in [-0.3, -0.25) is 5.43 Å². The number of anilines is 1. The quantitative estimate of drug-likeness (QED) is 0.496. The van der Waals surface area contributed by atoms with Gasteiger partial charge in [0.1, 0.15) is 5.75 Å². The van der Waals surface area contributed by atoms with Crippen LogP contribution in [0, 0.1) is 13.8 Å². The fourth-order valence-electron chi connectivity index (χ4n) is 2.33. The van der Waals surface area contributed by atoms with Gasteiger partial charge in [-0.25, -0.2) is 4.98 Å². The van der Waals surface area contributed by atoms with E-state index in [2.05, 4.69) is 15.5 Å². The van der Waals surface area contributed by atoms with E-state index in [0.717, 1.165) is 22.4 Å². The first kappa shape index (κ1) is 16.5. The number of aryl methyl sites for hydroxylation is 1. The number of nitrogens with zero attached hydrogens (tertiary/aromatic N) is 2. The van der Waals surface area contributed by atoms with Crippen LogP contribution in [0.25, 0.3) is 11.3 Å². The summed E-state index contributed by atoms with van der Waals surface area (Å²) in [5, 5.41) is 17.5. The molecule has 0 saturated carbocycles. The highest BCUT2D eigenvalue weighted by atomic mass is 35.5. The molecule has 2 aromatic carbocycles. The van der Waals surface area contributed by atoms with Gasteiger partial charge in [0.15, 0.2) is 0 Å². The summed E-state index contributed by atoms with van der Waals surface area (Å²) in [5.41, 5.74) is 7.08. The van der Waals surface area contributed by atoms with Gasteiger partial charge >= 0.3 is 0 Å². The van der Waals surface area contributed by atoms with Gasteiger partial charge in [-0.05, 0) is 31.0 Å². The third kappa shape index (κ3) is 3.42. The van der Waals surface area contributed by atoms with Crippen LogP contribution in [0.5, 0.6) is 5.75 Å². The van der Waals surface area contributed by atoms with Crippen molar-refractivity contribution < 1.29 is 5.11 Å². The molecule has 122 valence electrons. The van der Waals surface area contributed by atoms with E-state index in [-0.39, 0.29) is 5.75 Å². The molecule has 3 aromatic rings. The lowest BCUT2D eigenvalue weighted by Crippen LogP contribution is -1.95. The number of aromatic hydroxyl groups is 1. The number of hydrazone groups is 1. The van der Waals surface area contributed by atoms with Gasteiger partial charge in [-0.1, -0.05) is 41.9 Å². The van der Waals surface area contributed by atoms with Crippen molar-refractivity contribution >= 4 is 34.3 Å². The largest absolute Gasteiger partial charge is 0.507 e. The number of aromatic nitrogens is 1. The van der Waals surface area contributed by atoms with E-state index in [4.69, 9.17) is 11.6 Å². The third-order valence-electron chi connectivity index (χ3n) is 3.64. The number of nitrogens with one attached hydrogen (secondary N) is 1. The number of rotatable bonds is 4. The Hall–Kier alpha value is -2.37. The summed E-state index contributed by atoms with van der Waals surface area (Å²) >= 11 is 7.69. The van der Waals surface area contributed by atoms with Crippen LogP contribution in [0.4, 0.5) is 5.13 Å². The highest BCUT2D eigenvalue weighted by Crippen LogP contribution is 2.30. The van der Waals surface area contributed by atoms with Crippen LogP contribution in [-0.2, 0) is 0 Å². The number of hydrogen-bond acceptors (Lipinski definition) is 5. The van der Waals surface area contributed by atoms with Crippen LogP contribution < -0.4 is 5.43 Å². The monoisotopic (exact) mass is 357 g/mol. The number of hydrogen-bond donors (Lipinski definition) is 2. The van der Waals surface area contributed by atoms with Crippen LogP contribution >= 0.6 is 22.9 Å². The molecule has 0 aliphatic rings. The van der Waals surface area contributed by atoms with E-state index in [0.29, 0.717) is 15.7 Å². The minimum absolute atomic E-state index is 0.157. The van der Waals surface area contributed by atoms with Gasteiger partial charge in [0, 0.05) is 21.5 Å². The van der Waals surface area contributed by atoms with Gasteiger partial charge in [-0.2, -0.15) is 5.10 Å². The van der Waals surface area contributed by atoms with Crippen molar-refractivity contribution in [3.63, 3.8) is 0 Å². The predicted octanol–water partition coefficient (Wildman–Crippen LogP) is 5.23. The van der Waals surface area contributed by atoms with E-state index < -0.39 is 0 Å². The normalized spacial score (nSPS) is 11.1. The van der Waals surface area contributed by atoms with Crippen molar-refractivity contribution in [2.75, 3.05) is 5.43 Å². The second-order valence-electron chi connectivity index (χ2n) is 5.34. The zero-order valence-corrected chi connectivity index (χ0v) is 14.8. The molecule has 24 heavy (non-hydrogen) atoms. The average molecular weight is 358 g/mol. The molecule has 0 unspecified atom stereocenters. The van der Waals surface area contributed by atoms with Crippen molar-refractivity contribution in [1.82, 2.24) is 4.98 Å². The molecule has 1 heterocycles. The smallest absolute Gasteiger partial charge is 0.203 e. The van der Waals surface area contributed by atoms with E-state index in [1.165, 1.54) is 11.3 Å². The molecule has 6 heteroatoms. The lowest BCUT2D eigenvalue weighted by Gasteiger charge is -2.08. The van der Waals surface area contributed by atoms with Crippen LogP contribution in [0.15, 0.2) is 46.9 Å². The summed E-state index contributed by atoms with van der Waals surface area (Å²) in [6, 6.07) is 11.6. The number of benzene rings is 2. The highest BCUT2D eigenvalue weighted by Gasteiger charge is 2.10. The van der Waals surface area contributed by atoms with Crippen LogP contribution in [-0.4, -0.2) is 16.3 Å². The number of halogens is 1. The zero-order valence-electron chi connectivity index (χ0n) is 13.2. The maximum Gasteiger partial charge on any atom is 0.203 e. The summed E-state index contributed by atoms with van der Waals surface area (Å²) in [5.74, 6) is 0.157. The maximum absolute atomic E-state index is 10.1. The second-order valence-corrected chi connectivity index (χ2v) is 6.58. The molecule has 0 radical (unpaired) electrons. The SMILES string of the molecule is Cc1cc(O)c(C=NNc2nc(-c3ccccc3)cs2)c(C)c1Cl. The first-order chi connectivity index (χ1) is 11.6. The summed E-state index contributed by atoms with van der Waals surface area (Å²) in [4.78, 5) is 4.49. The molecule has 3 rings (SSSR count). The molecule has 0 spiro atoms. The predicted molar refractivity (Wildman–Crippen MR) is 101 cm³/mol. The minimum atomic E-state index is 0.157. The van der Waals surface area contributed by atoms with Gasteiger partial charge < -0.3 is 5.11 Å². The number of thiazole rings is 1. The third-order valence-corrected chi connectivity index (χ3v) is 4.96. The number of phenolic OH excluding ortho intramolecular Hbond substituents is 1. The van der Waals surface area contributed by atoms with Gasteiger partial charge in [0.05, 0.1) is 11.9 Å². The van der Waals surface area contributed by atoms with E-state index >= 15 is 0 Å². The molecule has 0 aliphatic carbocycles. The Labute approximate surface area is 149 Å². The molecular formula is C18H16ClN3OS. The fraction of sp³-hybridized carbons (Fsp3) is 0.111. The second kappa shape index (κ2) is 7.03. The molecule has 1 aromatic heterocycles. The minimum Gasteiger partial charge on any atom is -0.507 e. The van der Waals surface area contributed by atoms with Crippen molar-refractivity contribution in [2.24, 2.45) is 5.10 Å². The Morgan fingerprint density at radius 3 is 2.75 bits per heavy atom. The van der Waals surface area contributed by atoms with E-state index in [9.17, 15) is 5.11 Å². The highest BCUT2D eigenvalue weighted by molar-refractivity contribution is 7.14. The summed E-state index contributed by atoms with van der Waals surface area (Å²) in [7, 11) is 0. The first-order valence-corrected chi connectivity index (χ1v) is 8.60. The van der Waals surface area contributed by atoms with Crippen LogP contribution in [0.2, 0.25) is 5.02 Å². The molecular weight excluding hydrogens is 342 g/mol. The fourth-order valence-corrected chi connectivity index (χ4v) is 3.16. The van der Waals surface area contributed by atoms with Crippen LogP contribution in [0.3, 0.4) is 0 Å². The van der Waals surface area contributed by atoms with Crippen LogP contribution in [0.1, 0.15) is 16.7 Å². The molecule has 0 atom stereocenters. The molecule has 0 aliphatic heterocycles. The lowest BCUT2D eigenvalue weighted by molar-refractivity contribution is 0.473. The summed E-state index contributed by atoms with van der Waals surface area (Å²) in [6.45, 7) is 3.71. The molecule has 0 fully saturated rings. The lowest BCUT2D eigenvalue weighted by atomic mass is 10.1. The Morgan fingerprint density at radius 1 is 1.25 bits per heavy atom. The zero-order chi connectivity index (χ0) is 17.1. The van der Waals surface area contributed by atoms with Crippen molar-refractivity contribution in [3.8, 4) is 17.0 Å². The molecule has 0 saturated heterocycles. The van der Waals surface area contributed by atoms with Crippen molar-refractivity contribution in [1.29, 1.82) is 0 Å². The summed E-state index contributed by atoms with van der Waals surface area (Å²) in [6.07, 6.45) is 1.56. The molecule has 2 N–H and O–H groups in total. The standard InChI is InChI=1S/C18H16ClN3OS/c1-11-8-16(23)14(12(2)17(11)19)9-20-22-18-21-15(10-24-18)13-6-4-3-5-7-13/h3-10,23H,1-2H3,(H,21,22). The molecule has 4 nitrogen and oxygen atoms in total. The Balaban J connectivity index is 1.76. The Kier molecular flexibility index (Phi) is 4.83. The topological polar surface area (TPSA) is 57.5 Å². The Bertz CT molecular complexity index is 891.